The molecule has 1 amide bonds. The molecule has 4 N–H and O–H groups in total. The number of rotatable bonds is 11. The van der Waals surface area contributed by atoms with Crippen molar-refractivity contribution in [2.45, 2.75) is 174 Å². The van der Waals surface area contributed by atoms with Crippen LogP contribution in [0.1, 0.15) is 112 Å². The number of alkyl carbamates (subject to hydrolysis) is 1. The summed E-state index contributed by atoms with van der Waals surface area (Å²) in [7, 11) is 0. The molecule has 59 heavy (non-hydrogen) atoms. The number of carbonyl (C=O) groups is 4. The summed E-state index contributed by atoms with van der Waals surface area (Å²) >= 11 is 0. The number of esters is 3. The molecule has 5 aliphatic rings. The van der Waals surface area contributed by atoms with Gasteiger partial charge < -0.3 is 53.8 Å². The van der Waals surface area contributed by atoms with Gasteiger partial charge in [0.05, 0.1) is 47.4 Å². The van der Waals surface area contributed by atoms with Crippen molar-refractivity contribution in [1.82, 2.24) is 5.32 Å². The van der Waals surface area contributed by atoms with E-state index in [2.05, 4.69) is 5.32 Å². The van der Waals surface area contributed by atoms with E-state index >= 15 is 0 Å². The molecule has 0 radical (unpaired) electrons. The Morgan fingerprint density at radius 1 is 1.02 bits per heavy atom. The summed E-state index contributed by atoms with van der Waals surface area (Å²) in [6, 6.07) is 7.23. The molecule has 1 aromatic rings. The predicted octanol–water partition coefficient (Wildman–Crippen LogP) is 4.52. The maximum Gasteiger partial charge on any atom is 0.407 e. The minimum Gasteiger partial charge on any atom is -0.457 e. The van der Waals surface area contributed by atoms with Gasteiger partial charge in [0.15, 0.2) is 18.0 Å². The predicted molar refractivity (Wildman–Crippen MR) is 210 cm³/mol. The molecule has 2 saturated heterocycles. The molecule has 15 nitrogen and oxygen atoms in total. The van der Waals surface area contributed by atoms with Gasteiger partial charge in [-0.2, -0.15) is 0 Å². The molecule has 0 spiro atoms. The van der Waals surface area contributed by atoms with Crippen LogP contribution in [0.15, 0.2) is 41.5 Å². The third kappa shape index (κ3) is 7.80. The van der Waals surface area contributed by atoms with Crippen LogP contribution >= 0.6 is 0 Å². The quantitative estimate of drug-likeness (QED) is 0.138. The van der Waals surface area contributed by atoms with Gasteiger partial charge in [-0.1, -0.05) is 45.9 Å². The van der Waals surface area contributed by atoms with Gasteiger partial charge in [-0.25, -0.2) is 14.4 Å². The number of ether oxygens (including phenoxy) is 7. The Morgan fingerprint density at radius 3 is 2.22 bits per heavy atom. The molecule has 2 saturated carbocycles. The fourth-order valence-corrected chi connectivity index (χ4v) is 10.7. The van der Waals surface area contributed by atoms with E-state index in [1.165, 1.54) is 20.8 Å². The third-order valence-electron chi connectivity index (χ3n) is 13.2. The van der Waals surface area contributed by atoms with Crippen molar-refractivity contribution in [3.8, 4) is 0 Å². The maximum absolute atomic E-state index is 14.4. The number of amides is 1. The Labute approximate surface area is 346 Å². The average Bonchev–Trinajstić information content (AvgIpc) is 3.39. The highest BCUT2D eigenvalue weighted by Gasteiger charge is 2.80. The molecule has 1 aromatic carbocycles. The Morgan fingerprint density at radius 2 is 1.68 bits per heavy atom. The van der Waals surface area contributed by atoms with Crippen molar-refractivity contribution < 1.29 is 67.7 Å². The number of carbonyl (C=O) groups excluding carboxylic acids is 4. The summed E-state index contributed by atoms with van der Waals surface area (Å²) in [5.41, 5.74) is -6.28. The molecular formula is C44H63NO14. The summed E-state index contributed by atoms with van der Waals surface area (Å²) < 4.78 is 44.0. The second-order valence-electron chi connectivity index (χ2n) is 19.2. The van der Waals surface area contributed by atoms with Crippen LogP contribution < -0.4 is 5.32 Å². The van der Waals surface area contributed by atoms with Crippen LogP contribution in [0.4, 0.5) is 4.79 Å². The van der Waals surface area contributed by atoms with E-state index in [0.717, 1.165) is 0 Å². The number of fused-ring (bicyclic) bond motifs is 3. The van der Waals surface area contributed by atoms with Crippen LogP contribution in [-0.4, -0.2) is 118 Å². The van der Waals surface area contributed by atoms with Crippen molar-refractivity contribution in [3.05, 3.63) is 47.0 Å². The van der Waals surface area contributed by atoms with Crippen molar-refractivity contribution in [2.24, 2.45) is 22.7 Å². The van der Waals surface area contributed by atoms with Gasteiger partial charge in [-0.15, -0.1) is 0 Å². The van der Waals surface area contributed by atoms with E-state index in [1.807, 2.05) is 27.7 Å². The Hall–Kier alpha value is -3.60. The summed E-state index contributed by atoms with van der Waals surface area (Å²) in [5.74, 6) is -3.49. The van der Waals surface area contributed by atoms with Crippen LogP contribution in [0.3, 0.4) is 0 Å². The second-order valence-corrected chi connectivity index (χ2v) is 19.2. The normalized spacial score (nSPS) is 36.1. The molecule has 3 aliphatic carbocycles. The topological polar surface area (TPSA) is 206 Å². The highest BCUT2D eigenvalue weighted by molar-refractivity contribution is 5.89. The Bertz CT molecular complexity index is 1800. The number of hydrogen-bond donors (Lipinski definition) is 4. The minimum atomic E-state index is -1.84. The number of aliphatic hydroxyl groups excluding tert-OH is 2. The molecular weight excluding hydrogens is 766 g/mol. The Kier molecular flexibility index (Phi) is 12.2. The first kappa shape index (κ1) is 44.9. The van der Waals surface area contributed by atoms with E-state index in [0.29, 0.717) is 12.0 Å². The zero-order chi connectivity index (χ0) is 43.6. The van der Waals surface area contributed by atoms with Crippen molar-refractivity contribution in [2.75, 3.05) is 6.61 Å². The van der Waals surface area contributed by atoms with Gasteiger partial charge >= 0.3 is 24.0 Å². The average molecular weight is 830 g/mol. The molecule has 15 heteroatoms. The highest BCUT2D eigenvalue weighted by atomic mass is 16.7. The lowest BCUT2D eigenvalue weighted by Crippen LogP contribution is -2.80. The van der Waals surface area contributed by atoms with Gasteiger partial charge in [0.1, 0.15) is 30.0 Å². The summed E-state index contributed by atoms with van der Waals surface area (Å²) in [4.78, 5) is 54.5. The molecule has 6 rings (SSSR count). The standard InChI is InChI=1S/C44H63NO14/c1-12-30-55-28-19-29-44(21-53-29,58-24(5)46)34-36(57-37(49)25-16-14-13-15-17-25)43(41(9,10)52)20-27(23(4)31(43)33(48)35(56-30)42(28,34)11)54-38(50)32(47)26(18-22(2)3)45-39(51)59-40(6,7)8/h13-17,22,26-30,32-36,47-48,52H,12,18-21H2,1-11H3,(H,45,51)/t26?,27-,28-,29+,30?,32+,33-,34-,35-,36-,42+,43-,44-/m0/s1. The van der Waals surface area contributed by atoms with Crippen molar-refractivity contribution in [3.63, 3.8) is 0 Å². The smallest absolute Gasteiger partial charge is 0.407 e. The summed E-state index contributed by atoms with van der Waals surface area (Å²) in [6.45, 7) is 18.5. The molecule has 2 unspecified atom stereocenters. The van der Waals surface area contributed by atoms with Crippen LogP contribution in [0.5, 0.6) is 0 Å². The number of aliphatic hydroxyl groups is 3. The SMILES string of the molecule is CCC1O[C@H]2C[C@H]3OC[C@@]3(OC(C)=O)[C@H]3[C@H](OC(=O)c4ccccc4)[C@]4(C(C)(C)O)C[C@H](OC(=O)[C@H](O)C(CC(C)C)NC(=O)OC(C)(C)C)C(C)=C4[C@H](O)[C@H](O1)[C@]23C. The zero-order valence-corrected chi connectivity index (χ0v) is 36.1. The number of nitrogens with one attached hydrogen (secondary N) is 1. The van der Waals surface area contributed by atoms with Crippen LogP contribution in [-0.2, 0) is 42.7 Å². The first-order chi connectivity index (χ1) is 27.4. The van der Waals surface area contributed by atoms with Crippen LogP contribution in [0.25, 0.3) is 0 Å². The first-order valence-corrected chi connectivity index (χ1v) is 20.8. The van der Waals surface area contributed by atoms with Gasteiger partial charge in [0.25, 0.3) is 0 Å². The third-order valence-corrected chi connectivity index (χ3v) is 13.2. The Balaban J connectivity index is 1.52. The minimum absolute atomic E-state index is 0.0584. The van der Waals surface area contributed by atoms with Crippen LogP contribution in [0.2, 0.25) is 0 Å². The number of benzene rings is 1. The van der Waals surface area contributed by atoms with E-state index in [4.69, 9.17) is 33.2 Å². The van der Waals surface area contributed by atoms with E-state index < -0.39 is 113 Å². The van der Waals surface area contributed by atoms with E-state index in [9.17, 15) is 34.5 Å². The first-order valence-electron chi connectivity index (χ1n) is 20.8. The molecule has 0 bridgehead atoms. The molecule has 2 heterocycles. The molecule has 0 aromatic heterocycles. The molecule has 13 atom stereocenters. The van der Waals surface area contributed by atoms with Gasteiger partial charge in [-0.05, 0) is 83.6 Å². The van der Waals surface area contributed by atoms with Gasteiger partial charge in [0.2, 0.25) is 0 Å². The largest absolute Gasteiger partial charge is 0.457 e. The lowest BCUT2D eigenvalue weighted by molar-refractivity contribution is -0.399. The maximum atomic E-state index is 14.4. The van der Waals surface area contributed by atoms with E-state index in [-0.39, 0.29) is 42.9 Å². The fraction of sp³-hybridized carbons (Fsp3) is 0.727. The summed E-state index contributed by atoms with van der Waals surface area (Å²) in [6.07, 6.45) is -9.20. The van der Waals surface area contributed by atoms with Crippen LogP contribution in [0, 0.1) is 22.7 Å². The molecule has 4 fully saturated rings. The lowest BCUT2D eigenvalue weighted by Gasteiger charge is -2.67. The van der Waals surface area contributed by atoms with E-state index in [1.54, 1.807) is 58.0 Å². The number of hydrogen-bond acceptors (Lipinski definition) is 14. The van der Waals surface area contributed by atoms with Gasteiger partial charge in [-0.3, -0.25) is 4.79 Å². The molecule has 2 aliphatic heterocycles. The highest BCUT2D eigenvalue weighted by Crippen LogP contribution is 2.69. The monoisotopic (exact) mass is 829 g/mol. The van der Waals surface area contributed by atoms with Crippen molar-refractivity contribution in [1.29, 1.82) is 0 Å². The van der Waals surface area contributed by atoms with Crippen molar-refractivity contribution >= 4 is 24.0 Å². The zero-order valence-electron chi connectivity index (χ0n) is 36.1. The molecule has 328 valence electrons. The summed E-state index contributed by atoms with van der Waals surface area (Å²) in [5, 5.41) is 39.8. The lowest BCUT2D eigenvalue weighted by atomic mass is 9.49. The fourth-order valence-electron chi connectivity index (χ4n) is 10.7. The van der Waals surface area contributed by atoms with Gasteiger partial charge in [0, 0.05) is 25.2 Å². The second kappa shape index (κ2) is 16.0.